The fourth-order valence-corrected chi connectivity index (χ4v) is 2.88. The summed E-state index contributed by atoms with van der Waals surface area (Å²) in [5, 5.41) is 8.49. The zero-order valence-corrected chi connectivity index (χ0v) is 16.5. The molecule has 2 aromatic rings. The second kappa shape index (κ2) is 9.54. The summed E-state index contributed by atoms with van der Waals surface area (Å²) in [5.41, 5.74) is 0.645. The minimum absolute atomic E-state index is 0.180. The van der Waals surface area contributed by atoms with Crippen LogP contribution in [0.25, 0.3) is 0 Å². The van der Waals surface area contributed by atoms with Gasteiger partial charge in [-0.25, -0.2) is 9.78 Å². The van der Waals surface area contributed by atoms with Gasteiger partial charge in [-0.2, -0.15) is 0 Å². The number of rotatable bonds is 8. The Kier molecular flexibility index (Phi) is 7.41. The average molecular weight is 396 g/mol. The minimum atomic E-state index is -0.974. The number of ether oxygens (including phenoxy) is 1. The monoisotopic (exact) mass is 395 g/mol. The maximum atomic E-state index is 12.2. The van der Waals surface area contributed by atoms with Crippen molar-refractivity contribution in [2.24, 2.45) is 5.92 Å². The molecule has 0 bridgehead atoms. The molecule has 0 spiro atoms. The number of esters is 1. The molecule has 2 N–H and O–H groups in total. The molecule has 140 valence electrons. The van der Waals surface area contributed by atoms with Gasteiger partial charge in [0.15, 0.2) is 16.9 Å². The first kappa shape index (κ1) is 20.2. The molecule has 0 radical (unpaired) electrons. The maximum Gasteiger partial charge on any atom is 0.358 e. The lowest BCUT2D eigenvalue weighted by atomic mass is 10.1. The van der Waals surface area contributed by atoms with Crippen LogP contribution in [0.2, 0.25) is 5.02 Å². The zero-order chi connectivity index (χ0) is 19.1. The van der Waals surface area contributed by atoms with Crippen LogP contribution in [0.5, 0.6) is 0 Å². The van der Waals surface area contributed by atoms with Gasteiger partial charge in [-0.15, -0.1) is 11.3 Å². The van der Waals surface area contributed by atoms with Gasteiger partial charge in [0.25, 0.3) is 5.91 Å². The lowest BCUT2D eigenvalue weighted by Gasteiger charge is -2.13. The number of carbonyl (C=O) groups excluding carboxylic acids is 2. The van der Waals surface area contributed by atoms with Crippen LogP contribution < -0.4 is 10.6 Å². The minimum Gasteiger partial charge on any atom is -0.448 e. The van der Waals surface area contributed by atoms with Gasteiger partial charge in [-0.3, -0.25) is 4.79 Å². The number of hydrogen-bond donors (Lipinski definition) is 2. The first-order chi connectivity index (χ1) is 12.4. The van der Waals surface area contributed by atoms with E-state index < -0.39 is 18.0 Å². The Morgan fingerprint density at radius 2 is 2.00 bits per heavy atom. The van der Waals surface area contributed by atoms with E-state index in [9.17, 15) is 9.59 Å². The maximum absolute atomic E-state index is 12.2. The van der Waals surface area contributed by atoms with Gasteiger partial charge in [-0.05, 0) is 31.4 Å². The fraction of sp³-hybridized carbons (Fsp3) is 0.389. The number of hydrogen-bond acceptors (Lipinski definition) is 6. The van der Waals surface area contributed by atoms with Gasteiger partial charge in [0.05, 0.1) is 10.7 Å². The molecule has 0 saturated heterocycles. The highest BCUT2D eigenvalue weighted by atomic mass is 35.5. The Balaban J connectivity index is 1.87. The van der Waals surface area contributed by atoms with E-state index in [2.05, 4.69) is 29.5 Å². The molecule has 1 aromatic heterocycles. The van der Waals surface area contributed by atoms with Gasteiger partial charge in [0, 0.05) is 11.9 Å². The second-order valence-electron chi connectivity index (χ2n) is 6.16. The number of halogens is 1. The fourth-order valence-electron chi connectivity index (χ4n) is 1.99. The molecule has 2 rings (SSSR count). The molecule has 26 heavy (non-hydrogen) atoms. The molecule has 1 amide bonds. The summed E-state index contributed by atoms with van der Waals surface area (Å²) < 4.78 is 5.19. The number of thiazole rings is 1. The highest BCUT2D eigenvalue weighted by Gasteiger charge is 2.21. The van der Waals surface area contributed by atoms with Gasteiger partial charge in [-0.1, -0.05) is 37.6 Å². The van der Waals surface area contributed by atoms with Crippen molar-refractivity contribution in [3.8, 4) is 0 Å². The van der Waals surface area contributed by atoms with E-state index in [0.717, 1.165) is 13.0 Å². The van der Waals surface area contributed by atoms with Crippen LogP contribution in [0.1, 0.15) is 37.7 Å². The summed E-state index contributed by atoms with van der Waals surface area (Å²) >= 11 is 7.33. The molecule has 0 fully saturated rings. The lowest BCUT2D eigenvalue weighted by molar-refractivity contribution is -0.123. The molecule has 0 aliphatic rings. The molecule has 6 nitrogen and oxygen atoms in total. The number of amides is 1. The summed E-state index contributed by atoms with van der Waals surface area (Å²) in [6, 6.07) is 6.85. The first-order valence-corrected chi connectivity index (χ1v) is 9.58. The number of aromatic nitrogens is 1. The molecule has 1 heterocycles. The van der Waals surface area contributed by atoms with Crippen LogP contribution in [0.4, 0.5) is 10.8 Å². The Bertz CT molecular complexity index is 764. The first-order valence-electron chi connectivity index (χ1n) is 8.32. The Morgan fingerprint density at radius 1 is 1.27 bits per heavy atom. The second-order valence-corrected chi connectivity index (χ2v) is 7.43. The van der Waals surface area contributed by atoms with E-state index >= 15 is 0 Å². The van der Waals surface area contributed by atoms with Gasteiger partial charge in [0.1, 0.15) is 0 Å². The van der Waals surface area contributed by atoms with Crippen LogP contribution in [0.15, 0.2) is 29.6 Å². The van der Waals surface area contributed by atoms with E-state index in [4.69, 9.17) is 16.3 Å². The van der Waals surface area contributed by atoms with Crippen molar-refractivity contribution in [3.63, 3.8) is 0 Å². The SMILES string of the molecule is CC(C)CCNc1nc(C(=O)O[C@@H](C)C(=O)Nc2ccccc2Cl)cs1. The summed E-state index contributed by atoms with van der Waals surface area (Å²) in [6.45, 7) is 6.57. The quantitative estimate of drug-likeness (QED) is 0.646. The van der Waals surface area contributed by atoms with Gasteiger partial charge in [0.2, 0.25) is 0 Å². The zero-order valence-electron chi connectivity index (χ0n) is 14.9. The van der Waals surface area contributed by atoms with Crippen molar-refractivity contribution >= 4 is 45.6 Å². The largest absolute Gasteiger partial charge is 0.448 e. The number of nitrogens with one attached hydrogen (secondary N) is 2. The highest BCUT2D eigenvalue weighted by molar-refractivity contribution is 7.13. The Hall–Kier alpha value is -2.12. The van der Waals surface area contributed by atoms with Gasteiger partial charge >= 0.3 is 5.97 Å². The van der Waals surface area contributed by atoms with Crippen molar-refractivity contribution in [1.82, 2.24) is 4.98 Å². The number of benzene rings is 1. The summed E-state index contributed by atoms with van der Waals surface area (Å²) in [6.07, 6.45) is 0.0383. The number of nitrogens with zero attached hydrogens (tertiary/aromatic N) is 1. The third-order valence-electron chi connectivity index (χ3n) is 3.50. The molecule has 0 aliphatic carbocycles. The normalized spacial score (nSPS) is 11.9. The van der Waals surface area contributed by atoms with Crippen LogP contribution in [0, 0.1) is 5.92 Å². The van der Waals surface area contributed by atoms with Crippen molar-refractivity contribution in [2.75, 3.05) is 17.2 Å². The Labute approximate surface area is 161 Å². The van der Waals surface area contributed by atoms with Crippen molar-refractivity contribution in [3.05, 3.63) is 40.4 Å². The molecule has 0 saturated carbocycles. The van der Waals surface area contributed by atoms with E-state index in [1.807, 2.05) is 0 Å². The van der Waals surface area contributed by atoms with Crippen molar-refractivity contribution in [2.45, 2.75) is 33.3 Å². The van der Waals surface area contributed by atoms with E-state index in [1.54, 1.807) is 29.6 Å². The van der Waals surface area contributed by atoms with E-state index in [0.29, 0.717) is 21.8 Å². The molecule has 0 unspecified atom stereocenters. The predicted octanol–water partition coefficient (Wildman–Crippen LogP) is 4.44. The van der Waals surface area contributed by atoms with Gasteiger partial charge < -0.3 is 15.4 Å². The molecule has 1 aromatic carbocycles. The van der Waals surface area contributed by atoms with Crippen molar-refractivity contribution in [1.29, 1.82) is 0 Å². The summed E-state index contributed by atoms with van der Waals surface area (Å²) in [7, 11) is 0. The Morgan fingerprint density at radius 3 is 2.69 bits per heavy atom. The summed E-state index contributed by atoms with van der Waals surface area (Å²) in [5.74, 6) is -0.513. The van der Waals surface area contributed by atoms with Crippen LogP contribution in [0.3, 0.4) is 0 Å². The topological polar surface area (TPSA) is 80.3 Å². The number of anilines is 2. The molecular formula is C18H22ClN3O3S. The predicted molar refractivity (Wildman–Crippen MR) is 105 cm³/mol. The smallest absolute Gasteiger partial charge is 0.358 e. The van der Waals surface area contributed by atoms with E-state index in [1.165, 1.54) is 18.3 Å². The molecule has 0 aliphatic heterocycles. The average Bonchev–Trinajstić information content (AvgIpc) is 3.05. The highest BCUT2D eigenvalue weighted by Crippen LogP contribution is 2.21. The molecule has 1 atom stereocenters. The van der Waals surface area contributed by atoms with Crippen LogP contribution >= 0.6 is 22.9 Å². The number of carbonyl (C=O) groups is 2. The third-order valence-corrected chi connectivity index (χ3v) is 4.63. The lowest BCUT2D eigenvalue weighted by Crippen LogP contribution is -2.30. The standard InChI is InChI=1S/C18H22ClN3O3S/c1-11(2)8-9-20-18-22-15(10-26-18)17(24)25-12(3)16(23)21-14-7-5-4-6-13(14)19/h4-7,10-12H,8-9H2,1-3H3,(H,20,22)(H,21,23)/t12-/m0/s1. The van der Waals surface area contributed by atoms with E-state index in [-0.39, 0.29) is 5.69 Å². The third kappa shape index (κ3) is 6.00. The molecule has 8 heteroatoms. The summed E-state index contributed by atoms with van der Waals surface area (Å²) in [4.78, 5) is 28.5. The number of para-hydroxylation sites is 1. The van der Waals surface area contributed by atoms with Crippen LogP contribution in [-0.4, -0.2) is 29.5 Å². The van der Waals surface area contributed by atoms with Crippen molar-refractivity contribution < 1.29 is 14.3 Å². The van der Waals surface area contributed by atoms with Crippen LogP contribution in [-0.2, 0) is 9.53 Å². The molecular weight excluding hydrogens is 374 g/mol.